The first kappa shape index (κ1) is 14.2. The Morgan fingerprint density at radius 3 is 2.60 bits per heavy atom. The van der Waals surface area contributed by atoms with Crippen LogP contribution in [-0.4, -0.2) is 6.21 Å². The van der Waals surface area contributed by atoms with Crippen LogP contribution in [-0.2, 0) is 0 Å². The maximum atomic E-state index is 4.42. The van der Waals surface area contributed by atoms with Gasteiger partial charge in [-0.15, -0.1) is 6.58 Å². The molecular weight excluding hydrogens is 182 g/mol. The van der Waals surface area contributed by atoms with Gasteiger partial charge < -0.3 is 0 Å². The molecule has 0 aliphatic heterocycles. The molecule has 0 saturated heterocycles. The van der Waals surface area contributed by atoms with Crippen molar-refractivity contribution in [2.24, 2.45) is 10.9 Å². The molecule has 0 amide bonds. The molecule has 0 fully saturated rings. The lowest BCUT2D eigenvalue weighted by molar-refractivity contribution is 0.685. The molecule has 0 saturated carbocycles. The SMILES string of the molecule is C=CCC(C=NC(=C)CCCCC)CC. The second-order valence-electron chi connectivity index (χ2n) is 3.99. The van der Waals surface area contributed by atoms with E-state index in [1.54, 1.807) is 0 Å². The van der Waals surface area contributed by atoms with Crippen LogP contribution < -0.4 is 0 Å². The molecule has 1 atom stereocenters. The van der Waals surface area contributed by atoms with Crippen LogP contribution in [0.1, 0.15) is 52.4 Å². The summed E-state index contributed by atoms with van der Waals surface area (Å²) in [5, 5.41) is 0. The average Bonchev–Trinajstić information content (AvgIpc) is 2.24. The lowest BCUT2D eigenvalue weighted by Crippen LogP contribution is -1.98. The molecule has 0 aromatic heterocycles. The zero-order valence-corrected chi connectivity index (χ0v) is 10.3. The normalized spacial score (nSPS) is 12.9. The first-order chi connectivity index (χ1) is 7.24. The molecule has 0 radical (unpaired) electrons. The van der Waals surface area contributed by atoms with Gasteiger partial charge in [0.25, 0.3) is 0 Å². The van der Waals surface area contributed by atoms with Crippen molar-refractivity contribution >= 4 is 6.21 Å². The van der Waals surface area contributed by atoms with Gasteiger partial charge in [-0.1, -0.05) is 39.3 Å². The van der Waals surface area contributed by atoms with Gasteiger partial charge in [-0.3, -0.25) is 4.99 Å². The fraction of sp³-hybridized carbons (Fsp3) is 0.643. The van der Waals surface area contributed by atoms with Gasteiger partial charge in [0.15, 0.2) is 0 Å². The molecule has 0 rings (SSSR count). The molecule has 1 heteroatoms. The molecule has 0 spiro atoms. The van der Waals surface area contributed by atoms with Crippen LogP contribution in [0.2, 0.25) is 0 Å². The fourth-order valence-electron chi connectivity index (χ4n) is 1.40. The van der Waals surface area contributed by atoms with E-state index in [1.807, 2.05) is 12.3 Å². The van der Waals surface area contributed by atoms with Gasteiger partial charge in [0, 0.05) is 11.9 Å². The van der Waals surface area contributed by atoms with E-state index < -0.39 is 0 Å². The standard InChI is InChI=1S/C14H25N/c1-5-8-9-11-13(4)15-12-14(7-3)10-6-2/h6,12,14H,2,4-5,7-11H2,1,3H3. The minimum Gasteiger partial charge on any atom is -0.266 e. The number of aliphatic imine (C=N–C) groups is 1. The highest BCUT2D eigenvalue weighted by atomic mass is 14.7. The first-order valence-corrected chi connectivity index (χ1v) is 6.07. The van der Waals surface area contributed by atoms with Crippen LogP contribution in [0.3, 0.4) is 0 Å². The van der Waals surface area contributed by atoms with Gasteiger partial charge in [-0.2, -0.15) is 0 Å². The molecule has 0 aliphatic carbocycles. The number of unbranched alkanes of at least 4 members (excludes halogenated alkanes) is 2. The maximum Gasteiger partial charge on any atom is 0.0328 e. The summed E-state index contributed by atoms with van der Waals surface area (Å²) >= 11 is 0. The smallest absolute Gasteiger partial charge is 0.0328 e. The third kappa shape index (κ3) is 8.17. The molecule has 86 valence electrons. The monoisotopic (exact) mass is 207 g/mol. The minimum absolute atomic E-state index is 0.533. The van der Waals surface area contributed by atoms with E-state index >= 15 is 0 Å². The molecule has 0 aliphatic rings. The molecule has 1 nitrogen and oxygen atoms in total. The summed E-state index contributed by atoms with van der Waals surface area (Å²) in [5.74, 6) is 0.533. The maximum absolute atomic E-state index is 4.42. The van der Waals surface area contributed by atoms with Crippen molar-refractivity contribution in [3.63, 3.8) is 0 Å². The van der Waals surface area contributed by atoms with Crippen LogP contribution in [0.5, 0.6) is 0 Å². The molecule has 0 heterocycles. The number of hydrogen-bond donors (Lipinski definition) is 0. The highest BCUT2D eigenvalue weighted by molar-refractivity contribution is 5.62. The summed E-state index contributed by atoms with van der Waals surface area (Å²) in [6, 6.07) is 0. The fourth-order valence-corrected chi connectivity index (χ4v) is 1.40. The summed E-state index contributed by atoms with van der Waals surface area (Å²) in [4.78, 5) is 4.42. The predicted molar refractivity (Wildman–Crippen MR) is 70.4 cm³/mol. The van der Waals surface area contributed by atoms with Crippen molar-refractivity contribution in [3.8, 4) is 0 Å². The third-order valence-electron chi connectivity index (χ3n) is 2.53. The predicted octanol–water partition coefficient (Wildman–Crippen LogP) is 4.75. The Morgan fingerprint density at radius 2 is 2.07 bits per heavy atom. The Balaban J connectivity index is 3.80. The van der Waals surface area contributed by atoms with E-state index in [0.29, 0.717) is 5.92 Å². The summed E-state index contributed by atoms with van der Waals surface area (Å²) in [5.41, 5.74) is 1.02. The van der Waals surface area contributed by atoms with Crippen LogP contribution in [0.25, 0.3) is 0 Å². The van der Waals surface area contributed by atoms with E-state index in [9.17, 15) is 0 Å². The lowest BCUT2D eigenvalue weighted by atomic mass is 10.0. The molecule has 0 N–H and O–H groups in total. The van der Waals surface area contributed by atoms with Crippen molar-refractivity contribution in [3.05, 3.63) is 24.9 Å². The highest BCUT2D eigenvalue weighted by Crippen LogP contribution is 2.10. The molecule has 0 aromatic carbocycles. The van der Waals surface area contributed by atoms with Gasteiger partial charge in [-0.05, 0) is 31.6 Å². The first-order valence-electron chi connectivity index (χ1n) is 6.07. The van der Waals surface area contributed by atoms with Crippen molar-refractivity contribution in [1.82, 2.24) is 0 Å². The molecular formula is C14H25N. The second kappa shape index (κ2) is 9.70. The minimum atomic E-state index is 0.533. The summed E-state index contributed by atoms with van der Waals surface area (Å²) in [7, 11) is 0. The summed E-state index contributed by atoms with van der Waals surface area (Å²) in [6.45, 7) is 12.1. The van der Waals surface area contributed by atoms with Crippen LogP contribution in [0.4, 0.5) is 0 Å². The van der Waals surface area contributed by atoms with E-state index in [2.05, 4.69) is 32.0 Å². The third-order valence-corrected chi connectivity index (χ3v) is 2.53. The van der Waals surface area contributed by atoms with Gasteiger partial charge in [0.1, 0.15) is 0 Å². The van der Waals surface area contributed by atoms with Gasteiger partial charge in [0.2, 0.25) is 0 Å². The number of rotatable bonds is 9. The Bertz CT molecular complexity index is 203. The Morgan fingerprint density at radius 1 is 1.33 bits per heavy atom. The highest BCUT2D eigenvalue weighted by Gasteiger charge is 1.99. The van der Waals surface area contributed by atoms with Crippen molar-refractivity contribution in [2.45, 2.75) is 52.4 Å². The molecule has 0 bridgehead atoms. The van der Waals surface area contributed by atoms with E-state index in [4.69, 9.17) is 0 Å². The molecule has 0 aromatic rings. The number of hydrogen-bond acceptors (Lipinski definition) is 1. The quantitative estimate of drug-likeness (QED) is 0.294. The van der Waals surface area contributed by atoms with E-state index in [0.717, 1.165) is 25.0 Å². The van der Waals surface area contributed by atoms with Crippen LogP contribution in [0.15, 0.2) is 29.9 Å². The Kier molecular flexibility index (Phi) is 9.15. The van der Waals surface area contributed by atoms with E-state index in [-0.39, 0.29) is 0 Å². The number of nitrogens with zero attached hydrogens (tertiary/aromatic N) is 1. The Labute approximate surface area is 95.0 Å². The van der Waals surface area contributed by atoms with Crippen LogP contribution >= 0.6 is 0 Å². The van der Waals surface area contributed by atoms with Gasteiger partial charge in [0.05, 0.1) is 0 Å². The second-order valence-corrected chi connectivity index (χ2v) is 3.99. The zero-order chi connectivity index (χ0) is 11.5. The molecule has 15 heavy (non-hydrogen) atoms. The number of allylic oxidation sites excluding steroid dienone is 2. The molecule has 1 unspecified atom stereocenters. The van der Waals surface area contributed by atoms with Crippen LogP contribution in [0, 0.1) is 5.92 Å². The average molecular weight is 207 g/mol. The largest absolute Gasteiger partial charge is 0.266 e. The van der Waals surface area contributed by atoms with Crippen molar-refractivity contribution < 1.29 is 0 Å². The van der Waals surface area contributed by atoms with Gasteiger partial charge >= 0.3 is 0 Å². The summed E-state index contributed by atoms with van der Waals surface area (Å²) < 4.78 is 0. The summed E-state index contributed by atoms with van der Waals surface area (Å²) in [6.07, 6.45) is 10.9. The van der Waals surface area contributed by atoms with Crippen molar-refractivity contribution in [1.29, 1.82) is 0 Å². The zero-order valence-electron chi connectivity index (χ0n) is 10.3. The van der Waals surface area contributed by atoms with Crippen molar-refractivity contribution in [2.75, 3.05) is 0 Å². The van der Waals surface area contributed by atoms with E-state index in [1.165, 1.54) is 19.3 Å². The Hall–Kier alpha value is -0.850. The topological polar surface area (TPSA) is 12.4 Å². The lowest BCUT2D eigenvalue weighted by Gasteiger charge is -2.05. The van der Waals surface area contributed by atoms with Gasteiger partial charge in [-0.25, -0.2) is 0 Å².